The first-order chi connectivity index (χ1) is 6.72. The lowest BCUT2D eigenvalue weighted by molar-refractivity contribution is -0.145. The Balaban J connectivity index is 0. The van der Waals surface area contributed by atoms with Crippen LogP contribution in [0.25, 0.3) is 0 Å². The molecule has 0 aliphatic carbocycles. The lowest BCUT2D eigenvalue weighted by Crippen LogP contribution is -2.15. The third kappa shape index (κ3) is 19.9. The van der Waals surface area contributed by atoms with E-state index in [4.69, 9.17) is 10.2 Å². The Morgan fingerprint density at radius 2 is 1.73 bits per heavy atom. The summed E-state index contributed by atoms with van der Waals surface area (Å²) in [6, 6.07) is 0. The van der Waals surface area contributed by atoms with Crippen LogP contribution in [0, 0.1) is 5.92 Å². The summed E-state index contributed by atoms with van der Waals surface area (Å²) in [5.41, 5.74) is 0. The average Bonchev–Trinajstić information content (AvgIpc) is 2.01. The van der Waals surface area contributed by atoms with E-state index in [9.17, 15) is 17.6 Å². The lowest BCUT2D eigenvalue weighted by Gasteiger charge is -2.09. The molecule has 6 heteroatoms. The molecule has 0 saturated heterocycles. The molecule has 15 heavy (non-hydrogen) atoms. The van der Waals surface area contributed by atoms with E-state index in [0.29, 0.717) is 6.42 Å². The van der Waals surface area contributed by atoms with Crippen LogP contribution in [0.1, 0.15) is 33.1 Å². The van der Waals surface area contributed by atoms with Gasteiger partial charge in [-0.3, -0.25) is 0 Å². The van der Waals surface area contributed by atoms with Crippen LogP contribution in [0.4, 0.5) is 17.6 Å². The zero-order valence-corrected chi connectivity index (χ0v) is 8.89. The third-order valence-corrected chi connectivity index (χ3v) is 1.42. The highest BCUT2D eigenvalue weighted by Gasteiger charge is 2.29. The molecule has 2 unspecified atom stereocenters. The quantitative estimate of drug-likeness (QED) is 0.734. The molecular weight excluding hydrogens is 216 g/mol. The molecule has 94 valence electrons. The minimum absolute atomic E-state index is 0.264. The summed E-state index contributed by atoms with van der Waals surface area (Å²) in [5.74, 6) is -0.676. The molecule has 0 aromatic heterocycles. The number of aliphatic hydroxyl groups excluding tert-OH is 2. The summed E-state index contributed by atoms with van der Waals surface area (Å²) >= 11 is 0. The largest absolute Gasteiger partial charge is 0.396 e. The minimum atomic E-state index is -4.14. The Morgan fingerprint density at radius 3 is 1.80 bits per heavy atom. The molecule has 0 heterocycles. The second-order valence-corrected chi connectivity index (χ2v) is 3.33. The molecule has 2 atom stereocenters. The number of hydrogen-bond donors (Lipinski definition) is 2. The van der Waals surface area contributed by atoms with Crippen molar-refractivity contribution >= 4 is 0 Å². The monoisotopic (exact) mass is 234 g/mol. The van der Waals surface area contributed by atoms with Crippen molar-refractivity contribution in [1.29, 1.82) is 0 Å². The summed E-state index contributed by atoms with van der Waals surface area (Å²) in [7, 11) is 0. The van der Waals surface area contributed by atoms with Crippen molar-refractivity contribution in [2.75, 3.05) is 6.61 Å². The van der Waals surface area contributed by atoms with E-state index in [0.717, 1.165) is 0 Å². The van der Waals surface area contributed by atoms with Gasteiger partial charge in [-0.05, 0) is 5.92 Å². The second kappa shape index (κ2) is 8.91. The lowest BCUT2D eigenvalue weighted by atomic mass is 10.1. The van der Waals surface area contributed by atoms with Gasteiger partial charge in [-0.1, -0.05) is 20.3 Å². The maximum absolute atomic E-state index is 11.4. The fraction of sp³-hybridized carbons (Fsp3) is 1.00. The molecule has 0 aliphatic heterocycles. The van der Waals surface area contributed by atoms with Crippen LogP contribution in [-0.4, -0.2) is 29.4 Å². The van der Waals surface area contributed by atoms with Crippen molar-refractivity contribution < 1.29 is 27.8 Å². The molecular formula is C9H18F4O2. The van der Waals surface area contributed by atoms with E-state index >= 15 is 0 Å². The highest BCUT2D eigenvalue weighted by Crippen LogP contribution is 2.23. The smallest absolute Gasteiger partial charge is 0.389 e. The first kappa shape index (κ1) is 17.0. The normalized spacial score (nSPS) is 15.2. The molecule has 0 fully saturated rings. The number of aliphatic hydroxyl groups is 2. The van der Waals surface area contributed by atoms with Gasteiger partial charge in [-0.2, -0.15) is 13.2 Å². The zero-order valence-electron chi connectivity index (χ0n) is 8.89. The Hall–Kier alpha value is -0.360. The highest BCUT2D eigenvalue weighted by atomic mass is 19.4. The SMILES string of the molecule is CC(CO)CC(F)(F)F.CCCC(O)F. The fourth-order valence-electron chi connectivity index (χ4n) is 0.698. The van der Waals surface area contributed by atoms with Crippen molar-refractivity contribution in [1.82, 2.24) is 0 Å². The topological polar surface area (TPSA) is 40.5 Å². The molecule has 0 aromatic carbocycles. The van der Waals surface area contributed by atoms with E-state index in [1.807, 2.05) is 6.92 Å². The Labute approximate surface area is 86.9 Å². The standard InChI is InChI=1S/C5H9F3O.C4H9FO/c1-4(3-9)2-5(6,7)8;1-2-3-4(5)6/h4,9H,2-3H2,1H3;4,6H,2-3H2,1H3. The summed E-state index contributed by atoms with van der Waals surface area (Å²) in [6.07, 6.45) is -5.67. The van der Waals surface area contributed by atoms with Gasteiger partial charge >= 0.3 is 6.18 Å². The van der Waals surface area contributed by atoms with Crippen LogP contribution in [-0.2, 0) is 0 Å². The number of hydrogen-bond acceptors (Lipinski definition) is 2. The first-order valence-corrected chi connectivity index (χ1v) is 4.72. The van der Waals surface area contributed by atoms with E-state index in [1.165, 1.54) is 6.92 Å². The molecule has 2 N–H and O–H groups in total. The molecule has 0 saturated carbocycles. The van der Waals surface area contributed by atoms with Crippen LogP contribution in [0.15, 0.2) is 0 Å². The van der Waals surface area contributed by atoms with Gasteiger partial charge in [0.2, 0.25) is 0 Å². The molecule has 0 amide bonds. The van der Waals surface area contributed by atoms with E-state index in [1.54, 1.807) is 0 Å². The van der Waals surface area contributed by atoms with Crippen LogP contribution in [0.5, 0.6) is 0 Å². The van der Waals surface area contributed by atoms with Gasteiger partial charge in [0.25, 0.3) is 0 Å². The number of halogens is 4. The predicted octanol–water partition coefficient (Wildman–Crippen LogP) is 2.64. The summed E-state index contributed by atoms with van der Waals surface area (Å²) in [5, 5.41) is 16.1. The van der Waals surface area contributed by atoms with Crippen LogP contribution in [0.2, 0.25) is 0 Å². The van der Waals surface area contributed by atoms with Gasteiger partial charge in [0.05, 0.1) is 0 Å². The van der Waals surface area contributed by atoms with E-state index in [-0.39, 0.29) is 6.42 Å². The molecule has 0 spiro atoms. The van der Waals surface area contributed by atoms with Gasteiger partial charge in [0.15, 0.2) is 6.36 Å². The average molecular weight is 234 g/mol. The highest BCUT2D eigenvalue weighted by molar-refractivity contribution is 4.56. The number of alkyl halides is 4. The fourth-order valence-corrected chi connectivity index (χ4v) is 0.698. The summed E-state index contributed by atoms with van der Waals surface area (Å²) in [6.45, 7) is 2.77. The molecule has 0 aromatic rings. The molecule has 0 radical (unpaired) electrons. The Kier molecular flexibility index (Phi) is 10.1. The summed E-state index contributed by atoms with van der Waals surface area (Å²) in [4.78, 5) is 0. The number of rotatable bonds is 4. The van der Waals surface area contributed by atoms with Crippen molar-refractivity contribution in [2.45, 2.75) is 45.6 Å². The summed E-state index contributed by atoms with van der Waals surface area (Å²) < 4.78 is 45.4. The van der Waals surface area contributed by atoms with Gasteiger partial charge in [0, 0.05) is 19.4 Å². The molecule has 0 bridgehead atoms. The Bertz CT molecular complexity index is 137. The third-order valence-electron chi connectivity index (χ3n) is 1.42. The van der Waals surface area contributed by atoms with Crippen LogP contribution < -0.4 is 0 Å². The first-order valence-electron chi connectivity index (χ1n) is 4.72. The second-order valence-electron chi connectivity index (χ2n) is 3.33. The molecule has 0 rings (SSSR count). The van der Waals surface area contributed by atoms with Crippen LogP contribution in [0.3, 0.4) is 0 Å². The van der Waals surface area contributed by atoms with E-state index in [2.05, 4.69) is 0 Å². The Morgan fingerprint density at radius 1 is 1.27 bits per heavy atom. The van der Waals surface area contributed by atoms with Crippen molar-refractivity contribution in [3.63, 3.8) is 0 Å². The van der Waals surface area contributed by atoms with Crippen molar-refractivity contribution in [3.8, 4) is 0 Å². The van der Waals surface area contributed by atoms with Crippen LogP contribution >= 0.6 is 0 Å². The maximum atomic E-state index is 11.4. The maximum Gasteiger partial charge on any atom is 0.389 e. The van der Waals surface area contributed by atoms with Gasteiger partial charge in [-0.25, -0.2) is 4.39 Å². The van der Waals surface area contributed by atoms with Gasteiger partial charge in [0.1, 0.15) is 0 Å². The predicted molar refractivity (Wildman–Crippen MR) is 48.9 cm³/mol. The zero-order chi connectivity index (χ0) is 12.5. The van der Waals surface area contributed by atoms with E-state index < -0.39 is 31.5 Å². The van der Waals surface area contributed by atoms with Crippen molar-refractivity contribution in [3.05, 3.63) is 0 Å². The van der Waals surface area contributed by atoms with Gasteiger partial charge < -0.3 is 10.2 Å². The molecule has 2 nitrogen and oxygen atoms in total. The van der Waals surface area contributed by atoms with Gasteiger partial charge in [-0.15, -0.1) is 0 Å². The molecule has 0 aliphatic rings. The minimum Gasteiger partial charge on any atom is -0.396 e. The van der Waals surface area contributed by atoms with Crippen molar-refractivity contribution in [2.24, 2.45) is 5.92 Å².